The van der Waals surface area contributed by atoms with Crippen LogP contribution >= 0.6 is 11.6 Å². The number of halogens is 1. The van der Waals surface area contributed by atoms with Crippen LogP contribution < -0.4 is 0 Å². The highest BCUT2D eigenvalue weighted by atomic mass is 35.5. The average Bonchev–Trinajstić information content (AvgIpc) is 0.766. The first kappa shape index (κ1) is 81.2. The first-order valence-electron chi connectivity index (χ1n) is 47.4. The molecule has 16 unspecified atom stereocenters. The third kappa shape index (κ3) is 15.3. The van der Waals surface area contributed by atoms with E-state index in [0.717, 1.165) is 292 Å². The number of rotatable bonds is 7. The normalized spacial score (nSPS) is 56.6. The molecule has 0 spiro atoms. The van der Waals surface area contributed by atoms with Gasteiger partial charge in [0.2, 0.25) is 0 Å². The Bertz CT molecular complexity index is 3160. The Kier molecular flexibility index (Phi) is 22.1. The van der Waals surface area contributed by atoms with Crippen LogP contribution in [-0.4, -0.2) is 124 Å². The minimum absolute atomic E-state index is 0. The molecule has 110 heavy (non-hydrogen) atoms. The molecule has 0 aliphatic heterocycles. The Labute approximate surface area is 671 Å². The van der Waals surface area contributed by atoms with Crippen molar-refractivity contribution in [2.45, 2.75) is 406 Å². The summed E-state index contributed by atoms with van der Waals surface area (Å²) < 4.78 is 2.29. The van der Waals surface area contributed by atoms with Crippen molar-refractivity contribution in [2.75, 3.05) is 7.05 Å². The third-order valence-corrected chi connectivity index (χ3v) is 39.7. The van der Waals surface area contributed by atoms with Gasteiger partial charge in [0.05, 0.1) is 56.7 Å². The summed E-state index contributed by atoms with van der Waals surface area (Å²) in [6.07, 6.45) is 60.2. The molecule has 0 saturated heterocycles. The molecular weight excluding hydrogens is 1390 g/mol. The summed E-state index contributed by atoms with van der Waals surface area (Å²) >= 11 is 6.60. The highest BCUT2D eigenvalue weighted by Crippen LogP contribution is 2.67. The van der Waals surface area contributed by atoms with Gasteiger partial charge in [0.25, 0.3) is 0 Å². The lowest BCUT2D eigenvalue weighted by atomic mass is 9.48. The quantitative estimate of drug-likeness (QED) is 0.118. The number of aliphatic imine (C=N–C) groups is 1. The maximum absolute atomic E-state index is 10.6. The predicted molar refractivity (Wildman–Crippen MR) is 439 cm³/mol. The van der Waals surface area contributed by atoms with Gasteiger partial charge in [-0.2, -0.15) is 0 Å². The number of imidazole rings is 1. The Morgan fingerprint density at radius 2 is 0.682 bits per heavy atom. The first-order chi connectivity index (χ1) is 51.8. The van der Waals surface area contributed by atoms with Gasteiger partial charge in [0.1, 0.15) is 0 Å². The van der Waals surface area contributed by atoms with Crippen molar-refractivity contribution < 1.29 is 46.0 Å². The summed E-state index contributed by atoms with van der Waals surface area (Å²) in [4.78, 5) is 8.82. The predicted octanol–water partition coefficient (Wildman–Crippen LogP) is 19.2. The lowest BCUT2D eigenvalue weighted by Crippen LogP contribution is -2.63. The largest absolute Gasteiger partial charge is 0.390 e. The number of unbranched alkanes of at least 4 members (excludes halogenated alkanes) is 1. The summed E-state index contributed by atoms with van der Waals surface area (Å²) in [5, 5.41) is 93.5. The number of nitrogens with zero attached hydrogens (tertiary/aromatic N) is 3. The number of alkyl halides is 1. The van der Waals surface area contributed by atoms with Crippen molar-refractivity contribution in [1.29, 1.82) is 0 Å². The van der Waals surface area contributed by atoms with E-state index in [0.29, 0.717) is 53.4 Å². The summed E-state index contributed by atoms with van der Waals surface area (Å²) in [7, 11) is 1.96. The van der Waals surface area contributed by atoms with Crippen LogP contribution in [0.15, 0.2) is 23.7 Å². The molecule has 33 rings (SSSR count). The minimum atomic E-state index is -0.441. The second-order valence-electron chi connectivity index (χ2n) is 46.5. The zero-order valence-corrected chi connectivity index (χ0v) is 70.0. The highest BCUT2D eigenvalue weighted by molar-refractivity contribution is 6.25. The fourth-order valence-corrected chi connectivity index (χ4v) is 37.0. The Balaban J connectivity index is 0.0000000917. The van der Waals surface area contributed by atoms with Gasteiger partial charge in [-0.3, -0.25) is 4.99 Å². The van der Waals surface area contributed by atoms with Crippen molar-refractivity contribution in [1.82, 2.24) is 9.55 Å². The molecule has 0 radical (unpaired) electrons. The molecule has 16 atom stereocenters. The van der Waals surface area contributed by atoms with Gasteiger partial charge >= 0.3 is 0 Å². The second kappa shape index (κ2) is 29.9. The van der Waals surface area contributed by atoms with Crippen molar-refractivity contribution in [3.05, 3.63) is 18.7 Å². The van der Waals surface area contributed by atoms with Crippen LogP contribution in [0.1, 0.15) is 350 Å². The summed E-state index contributed by atoms with van der Waals surface area (Å²) in [5.74, 6) is 21.7. The number of hydrogen-bond donors (Lipinski definition) is 9. The van der Waals surface area contributed by atoms with Gasteiger partial charge in [-0.05, 0) is 442 Å². The Morgan fingerprint density at radius 1 is 0.382 bits per heavy atom. The molecule has 1 heterocycles. The molecule has 1 aromatic rings. The second-order valence-corrected chi connectivity index (χ2v) is 47.3. The van der Waals surface area contributed by atoms with Crippen molar-refractivity contribution in [2.24, 2.45) is 171 Å². The van der Waals surface area contributed by atoms with Gasteiger partial charge in [-0.15, -0.1) is 11.6 Å². The molecule has 32 fully saturated rings. The number of aromatic nitrogens is 2. The molecule has 13 heteroatoms. The van der Waals surface area contributed by atoms with Crippen molar-refractivity contribution >= 4 is 17.3 Å². The highest BCUT2D eigenvalue weighted by Gasteiger charge is 2.64. The van der Waals surface area contributed by atoms with Crippen LogP contribution in [0.3, 0.4) is 0 Å². The Hall–Kier alpha value is -1.19. The molecule has 0 aromatic carbocycles. The van der Waals surface area contributed by atoms with Crippen LogP contribution in [0.2, 0.25) is 0 Å². The molecule has 0 amide bonds. The van der Waals surface area contributed by atoms with Crippen LogP contribution in [0, 0.1) is 166 Å². The lowest BCUT2D eigenvalue weighted by molar-refractivity contribution is -0.227. The van der Waals surface area contributed by atoms with E-state index in [1.165, 1.54) is 128 Å². The maximum atomic E-state index is 10.6. The molecule has 622 valence electrons. The zero-order valence-electron chi connectivity index (χ0n) is 69.2. The van der Waals surface area contributed by atoms with Gasteiger partial charge < -0.3 is 50.5 Å². The van der Waals surface area contributed by atoms with E-state index in [1.54, 1.807) is 0 Å². The van der Waals surface area contributed by atoms with Crippen LogP contribution in [0.25, 0.3) is 0 Å². The van der Waals surface area contributed by atoms with E-state index >= 15 is 0 Å². The molecule has 32 aliphatic rings. The first-order valence-corrected chi connectivity index (χ1v) is 47.8. The lowest BCUT2D eigenvalue weighted by Gasteiger charge is -2.61. The van der Waals surface area contributed by atoms with Gasteiger partial charge in [0, 0.05) is 36.1 Å². The third-order valence-electron chi connectivity index (χ3n) is 39.2. The molecule has 12 nitrogen and oxygen atoms in total. The molecule has 1 aromatic heterocycles. The molecule has 32 aliphatic carbocycles. The molecule has 9 N–H and O–H groups in total. The van der Waals surface area contributed by atoms with Gasteiger partial charge in [-0.1, -0.05) is 68.2 Å². The summed E-state index contributed by atoms with van der Waals surface area (Å²) in [6.45, 7) is 13.6. The van der Waals surface area contributed by atoms with Crippen LogP contribution in [-0.2, 0) is 0 Å². The van der Waals surface area contributed by atoms with E-state index < -0.39 is 22.4 Å². The number of aliphatic hydroxyl groups is 9. The Morgan fingerprint density at radius 3 is 0.973 bits per heavy atom. The topological polar surface area (TPSA) is 212 Å². The van der Waals surface area contributed by atoms with Crippen LogP contribution in [0.5, 0.6) is 0 Å². The van der Waals surface area contributed by atoms with Crippen molar-refractivity contribution in [3.8, 4) is 0 Å². The van der Waals surface area contributed by atoms with E-state index in [4.69, 9.17) is 11.6 Å². The average molecular weight is 1550 g/mol. The summed E-state index contributed by atoms with van der Waals surface area (Å²) in [5.41, 5.74) is -1.39. The molecule has 32 bridgehead atoms. The monoisotopic (exact) mass is 1540 g/mol. The zero-order chi connectivity index (χ0) is 76.0. The van der Waals surface area contributed by atoms with E-state index in [1.807, 2.05) is 19.6 Å². The molecular formula is C97H158ClN3O9. The van der Waals surface area contributed by atoms with Gasteiger partial charge in [0.15, 0.2) is 0 Å². The molecule has 32 saturated carbocycles. The maximum Gasteiger partial charge on any atom is 0.0948 e. The fraction of sp³-hybridized carbons (Fsp3) is 0.959. The smallest absolute Gasteiger partial charge is 0.0948 e. The standard InChI is InChI=1S/C14H24O.C13H18N2O.2C12H20O2.C12H20O.C11H16ClN.2C11H18O.CH4/c1-2-3-4-13-11-5-10-6-12(13)9-14(15,7-10)8-11;16-13-5-9-3-10(6-13)12(11(4-9)7-13)15-2-1-14-8-15;2*1-2-12(14)9-3-8-4-10(12)7-11(13,5-8)6-9;1-2-11-9-3-8-4-10(11)7-12(13,5-8)6-9;1-13-10-8-2-7-3-9(10)6-11(12,4-7)5-8;2*1-7-9-2-8-3-10(7)6-11(12,4-8)5-9;/h10-13,15H,2-9H2,1H3;1-2,8-12,16H,3-7H2;2*8-10,13-14H,2-7H2,1H3;8-11,13H,2-7H2,1H3;7-9H,2-6H2,1H3;2*7-10,12H,2-6H2,1H3;1H4. The van der Waals surface area contributed by atoms with Crippen LogP contribution in [0.4, 0.5) is 0 Å². The fourth-order valence-electron chi connectivity index (χ4n) is 36.4. The summed E-state index contributed by atoms with van der Waals surface area (Å²) in [6, 6.07) is 0.610. The van der Waals surface area contributed by atoms with Crippen molar-refractivity contribution in [3.63, 3.8) is 0 Å². The van der Waals surface area contributed by atoms with Gasteiger partial charge in [-0.25, -0.2) is 4.98 Å². The number of hydrogen-bond acceptors (Lipinski definition) is 11. The minimum Gasteiger partial charge on any atom is -0.390 e. The van der Waals surface area contributed by atoms with E-state index in [2.05, 4.69) is 62.3 Å². The SMILES string of the molecule is C.CC1C2CC3CC1CC(O)(C3)C2.CC1C2CC3CC1CC(O)(C3)C2.CCC1(O)C2CC3CC1CC(O)(C3)C2.CCC1(O)C2CC3CC1CC(O)(C3)C2.CCC1C2CC3CC1CC(O)(C3)C2.CCCCC1C2CC3CC1CC(O)(C3)C2.CN=C1C2CC3CC1CC(Cl)(C3)C2.OC12CC3CC(C1)C(n1ccnc1)C(C3)C2. The van der Waals surface area contributed by atoms with E-state index in [-0.39, 0.29) is 40.3 Å². The van der Waals surface area contributed by atoms with E-state index in [9.17, 15) is 46.0 Å².